The van der Waals surface area contributed by atoms with Gasteiger partial charge in [-0.2, -0.15) is 13.5 Å². The van der Waals surface area contributed by atoms with Gasteiger partial charge in [-0.15, -0.1) is 15.6 Å². The first-order chi connectivity index (χ1) is 23.4. The Kier molecular flexibility index (Phi) is 9.29. The molecule has 0 spiro atoms. The van der Waals surface area contributed by atoms with Crippen LogP contribution in [0.2, 0.25) is 0 Å². The Morgan fingerprint density at radius 1 is 1.20 bits per heavy atom. The molecule has 2 aromatic rings. The Bertz CT molecular complexity index is 1850. The van der Waals surface area contributed by atoms with Crippen molar-refractivity contribution in [2.45, 2.75) is 95.0 Å². The number of fused-ring (bicyclic) bond motifs is 3. The number of nitrogens with zero attached hydrogens (tertiary/aromatic N) is 3. The van der Waals surface area contributed by atoms with Crippen LogP contribution in [0.5, 0.6) is 5.75 Å². The van der Waals surface area contributed by atoms with E-state index in [0.717, 1.165) is 41.6 Å². The second-order valence-corrected chi connectivity index (χ2v) is 15.8. The van der Waals surface area contributed by atoms with Crippen LogP contribution in [0.3, 0.4) is 0 Å². The van der Waals surface area contributed by atoms with Crippen LogP contribution in [-0.2, 0) is 40.3 Å². The summed E-state index contributed by atoms with van der Waals surface area (Å²) in [5, 5.41) is 30.6. The fourth-order valence-corrected chi connectivity index (χ4v) is 8.24. The number of nitrogen functional groups attached to an aromatic ring is 1. The van der Waals surface area contributed by atoms with E-state index >= 15 is 0 Å². The van der Waals surface area contributed by atoms with E-state index in [9.17, 15) is 27.9 Å². The van der Waals surface area contributed by atoms with Crippen molar-refractivity contribution in [1.82, 2.24) is 20.7 Å². The van der Waals surface area contributed by atoms with Crippen molar-refractivity contribution in [2.75, 3.05) is 5.73 Å². The molecule has 2 amide bonds. The monoisotopic (exact) mass is 733 g/mol. The Morgan fingerprint density at radius 3 is 2.50 bits per heavy atom. The molecular formula is C31H39N7O10S2. The van der Waals surface area contributed by atoms with Crippen molar-refractivity contribution in [3.8, 4) is 5.75 Å². The number of nitrogens with one attached hydrogen (secondary N) is 3. The van der Waals surface area contributed by atoms with Gasteiger partial charge >= 0.3 is 16.4 Å². The molecule has 2 bridgehead atoms. The number of hydroxylamine groups is 2. The van der Waals surface area contributed by atoms with E-state index in [4.69, 9.17) is 25.3 Å². The first kappa shape index (κ1) is 35.5. The van der Waals surface area contributed by atoms with Crippen LogP contribution in [0.4, 0.5) is 5.13 Å². The zero-order valence-electron chi connectivity index (χ0n) is 27.5. The molecule has 1 aromatic heterocycles. The number of aryl methyl sites for hydroxylation is 1. The molecule has 3 fully saturated rings. The number of carboxylic acid groups (broad SMARTS) is 1. The van der Waals surface area contributed by atoms with E-state index in [1.54, 1.807) is 12.1 Å². The molecule has 2 saturated carbocycles. The summed E-state index contributed by atoms with van der Waals surface area (Å²) in [6.45, 7) is 4.01. The topological polar surface area (TPSA) is 256 Å². The van der Waals surface area contributed by atoms with Crippen molar-refractivity contribution in [3.63, 3.8) is 0 Å². The fraction of sp³-hybridized carbons (Fsp3) is 0.548. The van der Waals surface area contributed by atoms with Crippen molar-refractivity contribution in [1.29, 1.82) is 5.41 Å². The van der Waals surface area contributed by atoms with Crippen molar-refractivity contribution in [2.24, 2.45) is 17.0 Å². The average molecular weight is 734 g/mol. The van der Waals surface area contributed by atoms with Crippen LogP contribution in [0.1, 0.15) is 76.1 Å². The number of ether oxygens (including phenoxy) is 1. The van der Waals surface area contributed by atoms with Crippen LogP contribution in [0.25, 0.3) is 0 Å². The number of carboxylic acids is 1. The van der Waals surface area contributed by atoms with E-state index in [2.05, 4.69) is 25.1 Å². The molecule has 3 heterocycles. The first-order valence-electron chi connectivity index (χ1n) is 16.1. The number of rotatable bonds is 11. The number of aromatic nitrogens is 1. The summed E-state index contributed by atoms with van der Waals surface area (Å²) in [5.74, 6) is -1.19. The Morgan fingerprint density at radius 2 is 1.90 bits per heavy atom. The lowest BCUT2D eigenvalue weighted by Crippen LogP contribution is -2.76. The molecule has 0 unspecified atom stereocenters. The molecule has 6 atom stereocenters. The number of hydrogen-bond donors (Lipinski definition) is 6. The molecule has 6 rings (SSSR count). The van der Waals surface area contributed by atoms with Gasteiger partial charge in [0, 0.05) is 17.0 Å². The number of amides is 2. The Hall–Kier alpha value is -4.33. The van der Waals surface area contributed by atoms with Crippen LogP contribution in [0.15, 0.2) is 28.7 Å². The van der Waals surface area contributed by atoms with Crippen LogP contribution in [0, 0.1) is 17.2 Å². The molecule has 7 N–H and O–H groups in total. The molecule has 2 aliphatic heterocycles. The lowest BCUT2D eigenvalue weighted by Gasteiger charge is -2.50. The van der Waals surface area contributed by atoms with Gasteiger partial charge in [0.1, 0.15) is 23.3 Å². The predicted octanol–water partition coefficient (Wildman–Crippen LogP) is 2.02. The van der Waals surface area contributed by atoms with E-state index in [1.807, 2.05) is 6.07 Å². The van der Waals surface area contributed by atoms with Gasteiger partial charge in [-0.05, 0) is 88.5 Å². The number of anilines is 1. The number of benzene rings is 1. The van der Waals surface area contributed by atoms with Gasteiger partial charge in [0.05, 0.1) is 5.54 Å². The summed E-state index contributed by atoms with van der Waals surface area (Å²) in [7, 11) is -5.03. The number of hydrogen-bond acceptors (Lipinski definition) is 13. The maximum atomic E-state index is 13.5. The molecule has 4 aliphatic rings. The SMILES string of the molecule is CC1(C)[C@H](NC(=O)/C(=N\O[C@](C)(C(=O)O)[C@H]2CCc3cc(C(=N)N[C@@H]4C[C@@H]5CC[C@@H](C5)C4)ccc3O2)c2csc(N)n2)C(=O)N1OS(=O)(=O)O. The molecule has 19 heteroatoms. The highest BCUT2D eigenvalue weighted by atomic mass is 32.3. The van der Waals surface area contributed by atoms with Gasteiger partial charge in [-0.3, -0.25) is 19.6 Å². The second-order valence-electron chi connectivity index (χ2n) is 13.9. The number of carbonyl (C=O) groups is 3. The summed E-state index contributed by atoms with van der Waals surface area (Å²) < 4.78 is 41.8. The molecule has 270 valence electrons. The van der Waals surface area contributed by atoms with E-state index < -0.39 is 57.2 Å². The third kappa shape index (κ3) is 6.99. The Balaban J connectivity index is 1.17. The third-order valence-electron chi connectivity index (χ3n) is 9.99. The number of carbonyl (C=O) groups excluding carboxylic acids is 2. The van der Waals surface area contributed by atoms with E-state index in [0.29, 0.717) is 28.6 Å². The van der Waals surface area contributed by atoms with Crippen LogP contribution < -0.4 is 21.1 Å². The van der Waals surface area contributed by atoms with Gasteiger partial charge in [-0.1, -0.05) is 18.0 Å². The van der Waals surface area contributed by atoms with E-state index in [-0.39, 0.29) is 23.3 Å². The maximum Gasteiger partial charge on any atom is 0.418 e. The van der Waals surface area contributed by atoms with E-state index in [1.165, 1.54) is 45.4 Å². The summed E-state index contributed by atoms with van der Waals surface area (Å²) in [4.78, 5) is 48.4. The second kappa shape index (κ2) is 13.1. The van der Waals surface area contributed by atoms with Gasteiger partial charge in [0.25, 0.3) is 17.4 Å². The van der Waals surface area contributed by atoms with Gasteiger partial charge in [-0.25, -0.2) is 9.78 Å². The molecular weight excluding hydrogens is 695 g/mol. The molecule has 17 nitrogen and oxygen atoms in total. The van der Waals surface area contributed by atoms with Crippen molar-refractivity contribution >= 4 is 56.2 Å². The van der Waals surface area contributed by atoms with Crippen molar-refractivity contribution < 1.29 is 46.3 Å². The first-order valence-corrected chi connectivity index (χ1v) is 18.4. The average Bonchev–Trinajstić information content (AvgIpc) is 3.64. The number of β-lactam (4-membered cyclic amide) rings is 1. The zero-order chi connectivity index (χ0) is 36.2. The van der Waals surface area contributed by atoms with Crippen molar-refractivity contribution in [3.05, 3.63) is 40.4 Å². The fourth-order valence-electron chi connectivity index (χ4n) is 7.24. The maximum absolute atomic E-state index is 13.5. The molecule has 0 radical (unpaired) electrons. The summed E-state index contributed by atoms with van der Waals surface area (Å²) >= 11 is 0.971. The quantitative estimate of drug-likeness (QED) is 0.0636. The lowest BCUT2D eigenvalue weighted by molar-refractivity contribution is -0.218. The van der Waals surface area contributed by atoms with Crippen LogP contribution in [-0.4, -0.2) is 86.8 Å². The zero-order valence-corrected chi connectivity index (χ0v) is 29.2. The molecule has 1 aromatic carbocycles. The van der Waals surface area contributed by atoms with Gasteiger partial charge < -0.3 is 31.0 Å². The molecule has 50 heavy (non-hydrogen) atoms. The lowest BCUT2D eigenvalue weighted by atomic mass is 9.84. The minimum atomic E-state index is -5.03. The summed E-state index contributed by atoms with van der Waals surface area (Å²) in [6, 6.07) is 4.27. The normalized spacial score (nSPS) is 26.9. The number of nitrogens with two attached hydrogens (primary N) is 1. The number of oxime groups is 1. The molecule has 2 aliphatic carbocycles. The minimum Gasteiger partial charge on any atom is -0.485 e. The number of thiazole rings is 1. The Labute approximate surface area is 291 Å². The smallest absolute Gasteiger partial charge is 0.418 e. The molecule has 1 saturated heterocycles. The van der Waals surface area contributed by atoms with Gasteiger partial charge in [0.15, 0.2) is 16.9 Å². The van der Waals surface area contributed by atoms with Gasteiger partial charge in [0.2, 0.25) is 0 Å². The number of aliphatic carboxylic acids is 1. The van der Waals surface area contributed by atoms with Crippen LogP contribution >= 0.6 is 11.3 Å². The highest BCUT2D eigenvalue weighted by Gasteiger charge is 2.58. The largest absolute Gasteiger partial charge is 0.485 e. The summed E-state index contributed by atoms with van der Waals surface area (Å²) in [5.41, 5.74) is 3.16. The standard InChI is InChI=1S/C31H39N7O10S2/c1-30(2)24(27(40)38(30)48-50(43,44)45)36-26(39)23(20-14-49-29(33)35-20)37-47-31(3,28(41)42)22-9-7-17-13-18(6-8-21(17)46-22)25(32)34-19-11-15-4-5-16(10-15)12-19/h6,8,13-16,19,22,24H,4-5,7,9-12H2,1-3H3,(H2,32,34)(H2,33,35)(H,36,39)(H,41,42)(H,43,44,45)/b37-23-/t15-,16+,19-,22-,24-,31+/m1/s1. The highest BCUT2D eigenvalue weighted by Crippen LogP contribution is 2.42. The summed E-state index contributed by atoms with van der Waals surface area (Å²) in [6.07, 6.45) is 5.54. The highest BCUT2D eigenvalue weighted by molar-refractivity contribution is 7.80. The number of amidine groups is 1. The third-order valence-corrected chi connectivity index (χ3v) is 11.0. The minimum absolute atomic E-state index is 0.0648. The predicted molar refractivity (Wildman–Crippen MR) is 179 cm³/mol.